The number of aromatic nitrogens is 1. The molecule has 4 rings (SSSR count). The minimum absolute atomic E-state index is 0.117. The normalized spacial score (nSPS) is 19.0. The first-order chi connectivity index (χ1) is 14.8. The van der Waals surface area contributed by atoms with E-state index >= 15 is 0 Å². The van der Waals surface area contributed by atoms with E-state index in [0.29, 0.717) is 6.04 Å². The van der Waals surface area contributed by atoms with E-state index in [-0.39, 0.29) is 18.1 Å². The summed E-state index contributed by atoms with van der Waals surface area (Å²) in [4.78, 5) is 17.8. The van der Waals surface area contributed by atoms with Crippen LogP contribution in [0.5, 0.6) is 5.75 Å². The van der Waals surface area contributed by atoms with Gasteiger partial charge in [-0.25, -0.2) is 0 Å². The number of fused-ring (bicyclic) bond motifs is 1. The molecule has 0 atom stereocenters. The van der Waals surface area contributed by atoms with E-state index in [0.717, 1.165) is 78.9 Å². The zero-order valence-electron chi connectivity index (χ0n) is 19.2. The van der Waals surface area contributed by atoms with Crippen molar-refractivity contribution in [2.24, 2.45) is 0 Å². The molecule has 31 heavy (non-hydrogen) atoms. The van der Waals surface area contributed by atoms with Crippen LogP contribution in [0.1, 0.15) is 57.1 Å². The SMILES string of the molecule is CC(C)N1CCC(Oc2cc3cc(C(=O)N4CCNCC4)n(C(C)C)c3cc2Br)CC1. The molecule has 0 aliphatic carbocycles. The summed E-state index contributed by atoms with van der Waals surface area (Å²) in [6.07, 6.45) is 2.32. The number of benzene rings is 1. The van der Waals surface area contributed by atoms with Gasteiger partial charge >= 0.3 is 0 Å². The summed E-state index contributed by atoms with van der Waals surface area (Å²) in [6, 6.07) is 7.04. The van der Waals surface area contributed by atoms with Crippen molar-refractivity contribution in [2.45, 2.75) is 58.7 Å². The molecular formula is C24H35BrN4O2. The molecule has 0 radical (unpaired) electrons. The van der Waals surface area contributed by atoms with Crippen molar-refractivity contribution in [1.29, 1.82) is 0 Å². The highest BCUT2D eigenvalue weighted by atomic mass is 79.9. The first-order valence-electron chi connectivity index (χ1n) is 11.6. The summed E-state index contributed by atoms with van der Waals surface area (Å²) >= 11 is 3.73. The number of nitrogens with zero attached hydrogens (tertiary/aromatic N) is 3. The van der Waals surface area contributed by atoms with Crippen LogP contribution >= 0.6 is 15.9 Å². The summed E-state index contributed by atoms with van der Waals surface area (Å²) in [5.41, 5.74) is 1.84. The summed E-state index contributed by atoms with van der Waals surface area (Å²) in [5.74, 6) is 0.989. The van der Waals surface area contributed by atoms with Gasteiger partial charge in [0.05, 0.1) is 9.99 Å². The molecule has 170 valence electrons. The molecule has 1 amide bonds. The lowest BCUT2D eigenvalue weighted by molar-refractivity contribution is 0.0724. The maximum atomic E-state index is 13.3. The Balaban J connectivity index is 1.60. The Bertz CT molecular complexity index is 925. The third-order valence-corrected chi connectivity index (χ3v) is 7.15. The van der Waals surface area contributed by atoms with E-state index in [2.05, 4.69) is 70.5 Å². The average molecular weight is 491 g/mol. The molecule has 2 saturated heterocycles. The predicted octanol–water partition coefficient (Wildman–Crippen LogP) is 4.28. The molecule has 2 aromatic rings. The van der Waals surface area contributed by atoms with E-state index < -0.39 is 0 Å². The number of halogens is 1. The van der Waals surface area contributed by atoms with E-state index in [1.807, 2.05) is 11.0 Å². The van der Waals surface area contributed by atoms with Crippen LogP contribution in [-0.2, 0) is 0 Å². The summed E-state index contributed by atoms with van der Waals surface area (Å²) in [5, 5.41) is 4.38. The lowest BCUT2D eigenvalue weighted by atomic mass is 10.1. The number of likely N-dealkylation sites (tertiary alicyclic amines) is 1. The number of piperidine rings is 1. The number of ether oxygens (including phenoxy) is 1. The lowest BCUT2D eigenvalue weighted by Gasteiger charge is -2.34. The quantitative estimate of drug-likeness (QED) is 0.679. The Hall–Kier alpha value is -1.57. The average Bonchev–Trinajstić information content (AvgIpc) is 3.13. The van der Waals surface area contributed by atoms with Crippen molar-refractivity contribution < 1.29 is 9.53 Å². The van der Waals surface area contributed by atoms with E-state index in [1.165, 1.54) is 0 Å². The molecule has 1 N–H and O–H groups in total. The molecule has 6 nitrogen and oxygen atoms in total. The summed E-state index contributed by atoms with van der Waals surface area (Å²) < 4.78 is 9.54. The van der Waals surface area contributed by atoms with Crippen molar-refractivity contribution in [3.05, 3.63) is 28.4 Å². The molecule has 0 unspecified atom stereocenters. The maximum absolute atomic E-state index is 13.3. The zero-order valence-corrected chi connectivity index (χ0v) is 20.7. The van der Waals surface area contributed by atoms with Crippen LogP contribution in [0.15, 0.2) is 22.7 Å². The van der Waals surface area contributed by atoms with Crippen LogP contribution in [0.3, 0.4) is 0 Å². The number of carbonyl (C=O) groups excluding carboxylic acids is 1. The highest BCUT2D eigenvalue weighted by Gasteiger charge is 2.26. The van der Waals surface area contributed by atoms with Gasteiger partial charge in [-0.3, -0.25) is 4.79 Å². The molecule has 7 heteroatoms. The Morgan fingerprint density at radius 3 is 2.32 bits per heavy atom. The topological polar surface area (TPSA) is 49.7 Å². The number of amides is 1. The number of nitrogens with one attached hydrogen (secondary N) is 1. The van der Waals surface area contributed by atoms with E-state index in [4.69, 9.17) is 4.74 Å². The summed E-state index contributed by atoms with van der Waals surface area (Å²) in [6.45, 7) is 14.2. The number of piperazine rings is 1. The van der Waals surface area contributed by atoms with Gasteiger partial charge in [0.2, 0.25) is 0 Å². The second-order valence-electron chi connectivity index (χ2n) is 9.32. The largest absolute Gasteiger partial charge is 0.489 e. The Morgan fingerprint density at radius 2 is 1.71 bits per heavy atom. The number of hydrogen-bond donors (Lipinski definition) is 1. The molecule has 2 aliphatic rings. The highest BCUT2D eigenvalue weighted by molar-refractivity contribution is 9.10. The molecule has 3 heterocycles. The third-order valence-electron chi connectivity index (χ3n) is 6.53. The molecule has 1 aromatic heterocycles. The molecule has 0 saturated carbocycles. The van der Waals surface area contributed by atoms with Gasteiger partial charge < -0.3 is 24.4 Å². The van der Waals surface area contributed by atoms with Gasteiger partial charge in [0.25, 0.3) is 5.91 Å². The van der Waals surface area contributed by atoms with Crippen molar-refractivity contribution >= 4 is 32.7 Å². The van der Waals surface area contributed by atoms with E-state index in [1.54, 1.807) is 0 Å². The molecule has 0 spiro atoms. The summed E-state index contributed by atoms with van der Waals surface area (Å²) in [7, 11) is 0. The van der Waals surface area contributed by atoms with Gasteiger partial charge in [-0.05, 0) is 74.7 Å². The van der Waals surface area contributed by atoms with Gasteiger partial charge in [0.1, 0.15) is 17.5 Å². The molecule has 2 fully saturated rings. The highest BCUT2D eigenvalue weighted by Crippen LogP contribution is 2.35. The lowest BCUT2D eigenvalue weighted by Crippen LogP contribution is -2.46. The van der Waals surface area contributed by atoms with Crippen molar-refractivity contribution in [2.75, 3.05) is 39.3 Å². The zero-order chi connectivity index (χ0) is 22.1. The van der Waals surface area contributed by atoms with Crippen molar-refractivity contribution in [3.63, 3.8) is 0 Å². The van der Waals surface area contributed by atoms with Crippen LogP contribution < -0.4 is 10.1 Å². The fourth-order valence-corrected chi connectivity index (χ4v) is 5.19. The molecule has 1 aromatic carbocycles. The first kappa shape index (κ1) is 22.6. The fraction of sp³-hybridized carbons (Fsp3) is 0.625. The second-order valence-corrected chi connectivity index (χ2v) is 10.2. The van der Waals surface area contributed by atoms with Crippen molar-refractivity contribution in [3.8, 4) is 5.75 Å². The number of rotatable bonds is 5. The maximum Gasteiger partial charge on any atom is 0.270 e. The van der Waals surface area contributed by atoms with Crippen LogP contribution in [0.25, 0.3) is 10.9 Å². The molecular weight excluding hydrogens is 456 g/mol. The smallest absolute Gasteiger partial charge is 0.270 e. The van der Waals surface area contributed by atoms with Gasteiger partial charge in [-0.1, -0.05) is 0 Å². The van der Waals surface area contributed by atoms with Crippen LogP contribution in [-0.4, -0.2) is 71.7 Å². The standard InChI is InChI=1S/C24H35BrN4O2/c1-16(2)27-9-5-19(6-10-27)31-23-14-18-13-22(24(30)28-11-7-26-8-12-28)29(17(3)4)21(18)15-20(23)25/h13-17,19,26H,5-12H2,1-4H3. The monoisotopic (exact) mass is 490 g/mol. The predicted molar refractivity (Wildman–Crippen MR) is 129 cm³/mol. The third kappa shape index (κ3) is 4.78. The Morgan fingerprint density at radius 1 is 1.03 bits per heavy atom. The Labute approximate surface area is 194 Å². The number of carbonyl (C=O) groups is 1. The fourth-order valence-electron chi connectivity index (χ4n) is 4.76. The molecule has 2 aliphatic heterocycles. The van der Waals surface area contributed by atoms with Crippen LogP contribution in [0.2, 0.25) is 0 Å². The Kier molecular flexibility index (Phi) is 6.94. The second kappa shape index (κ2) is 9.51. The van der Waals surface area contributed by atoms with Gasteiger partial charge in [0, 0.05) is 56.7 Å². The van der Waals surface area contributed by atoms with Gasteiger partial charge in [0.15, 0.2) is 0 Å². The van der Waals surface area contributed by atoms with Crippen LogP contribution in [0, 0.1) is 0 Å². The van der Waals surface area contributed by atoms with Crippen molar-refractivity contribution in [1.82, 2.24) is 19.7 Å². The first-order valence-corrected chi connectivity index (χ1v) is 12.4. The number of hydrogen-bond acceptors (Lipinski definition) is 4. The van der Waals surface area contributed by atoms with E-state index in [9.17, 15) is 4.79 Å². The van der Waals surface area contributed by atoms with Crippen LogP contribution in [0.4, 0.5) is 0 Å². The minimum Gasteiger partial charge on any atom is -0.489 e. The van der Waals surface area contributed by atoms with Gasteiger partial charge in [-0.2, -0.15) is 0 Å². The minimum atomic E-state index is 0.117. The molecule has 0 bridgehead atoms. The van der Waals surface area contributed by atoms with Gasteiger partial charge in [-0.15, -0.1) is 0 Å².